The minimum absolute atomic E-state index is 0.00354. The first-order chi connectivity index (χ1) is 13.0. The normalized spacial score (nSPS) is 13.1. The van der Waals surface area contributed by atoms with Crippen molar-refractivity contribution in [2.75, 3.05) is 13.6 Å². The van der Waals surface area contributed by atoms with Gasteiger partial charge in [-0.25, -0.2) is 0 Å². The zero-order valence-electron chi connectivity index (χ0n) is 15.2. The third kappa shape index (κ3) is 3.10. The molecule has 2 amide bonds. The van der Waals surface area contributed by atoms with E-state index in [-0.39, 0.29) is 18.4 Å². The molecule has 0 spiro atoms. The summed E-state index contributed by atoms with van der Waals surface area (Å²) >= 11 is 0. The maximum atomic E-state index is 12.7. The first-order valence-electron chi connectivity index (χ1n) is 8.86. The molecule has 0 aromatic heterocycles. The molecular formula is C23H20N2O2. The van der Waals surface area contributed by atoms with Crippen molar-refractivity contribution in [2.24, 2.45) is 0 Å². The number of carbonyl (C=O) groups excluding carboxylic acids is 2. The van der Waals surface area contributed by atoms with Gasteiger partial charge in [0.2, 0.25) is 5.91 Å². The number of amides is 2. The van der Waals surface area contributed by atoms with Crippen LogP contribution in [0.5, 0.6) is 0 Å². The maximum absolute atomic E-state index is 12.7. The van der Waals surface area contributed by atoms with Crippen molar-refractivity contribution in [3.8, 4) is 0 Å². The van der Waals surface area contributed by atoms with Crippen LogP contribution in [0.4, 0.5) is 0 Å². The van der Waals surface area contributed by atoms with E-state index in [0.717, 1.165) is 16.5 Å². The minimum Gasteiger partial charge on any atom is -0.340 e. The number of nitrogens with zero attached hydrogens (tertiary/aromatic N) is 2. The van der Waals surface area contributed by atoms with Crippen molar-refractivity contribution in [3.63, 3.8) is 0 Å². The number of likely N-dealkylation sites (N-methyl/N-ethyl adjacent to an activating group) is 1. The molecule has 0 unspecified atom stereocenters. The van der Waals surface area contributed by atoms with E-state index >= 15 is 0 Å². The number of carbonyl (C=O) groups is 2. The number of hydrogen-bond acceptors (Lipinski definition) is 2. The molecule has 1 aliphatic heterocycles. The summed E-state index contributed by atoms with van der Waals surface area (Å²) in [6.07, 6.45) is 0. The maximum Gasteiger partial charge on any atom is 0.259 e. The molecule has 0 aliphatic carbocycles. The van der Waals surface area contributed by atoms with Gasteiger partial charge in [-0.1, -0.05) is 61.2 Å². The third-order valence-corrected chi connectivity index (χ3v) is 4.99. The molecule has 27 heavy (non-hydrogen) atoms. The summed E-state index contributed by atoms with van der Waals surface area (Å²) in [4.78, 5) is 28.4. The number of hydrogen-bond donors (Lipinski definition) is 0. The average molecular weight is 356 g/mol. The van der Waals surface area contributed by atoms with E-state index in [0.29, 0.717) is 17.8 Å². The van der Waals surface area contributed by atoms with Gasteiger partial charge in [0.05, 0.1) is 0 Å². The molecule has 0 radical (unpaired) electrons. The Bertz CT molecular complexity index is 1040. The molecule has 0 saturated heterocycles. The van der Waals surface area contributed by atoms with Gasteiger partial charge in [0.15, 0.2) is 0 Å². The molecule has 4 nitrogen and oxygen atoms in total. The summed E-state index contributed by atoms with van der Waals surface area (Å²) in [6, 6.07) is 21.6. The number of benzene rings is 3. The summed E-state index contributed by atoms with van der Waals surface area (Å²) in [5.41, 5.74) is 3.04. The number of rotatable bonds is 4. The Morgan fingerprint density at radius 2 is 1.63 bits per heavy atom. The fourth-order valence-corrected chi connectivity index (χ4v) is 3.46. The van der Waals surface area contributed by atoms with Gasteiger partial charge in [0.1, 0.15) is 6.54 Å². The molecule has 0 fully saturated rings. The van der Waals surface area contributed by atoms with E-state index in [1.165, 1.54) is 10.3 Å². The van der Waals surface area contributed by atoms with Crippen molar-refractivity contribution < 1.29 is 9.59 Å². The van der Waals surface area contributed by atoms with Crippen molar-refractivity contribution in [2.45, 2.75) is 6.54 Å². The largest absolute Gasteiger partial charge is 0.340 e. The van der Waals surface area contributed by atoms with E-state index in [1.807, 2.05) is 36.4 Å². The van der Waals surface area contributed by atoms with Crippen LogP contribution in [0.2, 0.25) is 0 Å². The molecule has 0 saturated carbocycles. The molecule has 0 bridgehead atoms. The fraction of sp³-hybridized carbons (Fsp3) is 0.130. The predicted octanol–water partition coefficient (Wildman–Crippen LogP) is 3.92. The monoisotopic (exact) mass is 356 g/mol. The molecule has 1 aliphatic rings. The molecule has 3 aromatic carbocycles. The summed E-state index contributed by atoms with van der Waals surface area (Å²) in [5.74, 6) is -0.284. The van der Waals surface area contributed by atoms with Gasteiger partial charge in [-0.05, 0) is 28.5 Å². The second kappa shape index (κ2) is 6.72. The van der Waals surface area contributed by atoms with E-state index < -0.39 is 0 Å². The Morgan fingerprint density at radius 3 is 2.37 bits per heavy atom. The molecule has 3 aromatic rings. The van der Waals surface area contributed by atoms with Crippen LogP contribution < -0.4 is 0 Å². The standard InChI is InChI=1S/C23H20N2O2/c1-16-20-9-5-6-10-21(20)23(27)25(16)15-22(26)24(2)14-17-11-12-18-7-3-4-8-19(18)13-17/h3-13H,1,14-15H2,2H3. The first kappa shape index (κ1) is 17.0. The Balaban J connectivity index is 1.46. The molecular weight excluding hydrogens is 336 g/mol. The van der Waals surface area contributed by atoms with Crippen LogP contribution in [-0.2, 0) is 11.3 Å². The van der Waals surface area contributed by atoms with Crippen LogP contribution in [0.3, 0.4) is 0 Å². The zero-order valence-corrected chi connectivity index (χ0v) is 15.2. The van der Waals surface area contributed by atoms with E-state index in [4.69, 9.17) is 0 Å². The summed E-state index contributed by atoms with van der Waals surface area (Å²) in [6.45, 7) is 4.48. The van der Waals surface area contributed by atoms with Crippen LogP contribution in [0.1, 0.15) is 21.5 Å². The Hall–Kier alpha value is -3.40. The Labute approximate surface area is 158 Å². The fourth-order valence-electron chi connectivity index (χ4n) is 3.46. The van der Waals surface area contributed by atoms with Crippen molar-refractivity contribution in [3.05, 3.63) is 90.0 Å². The highest BCUT2D eigenvalue weighted by Crippen LogP contribution is 2.30. The highest BCUT2D eigenvalue weighted by Gasteiger charge is 2.32. The van der Waals surface area contributed by atoms with Crippen molar-refractivity contribution in [1.29, 1.82) is 0 Å². The molecule has 1 heterocycles. The lowest BCUT2D eigenvalue weighted by molar-refractivity contribution is -0.130. The molecule has 4 heteroatoms. The van der Waals surface area contributed by atoms with Gasteiger partial charge in [-0.3, -0.25) is 14.5 Å². The lowest BCUT2D eigenvalue weighted by atomic mass is 10.1. The predicted molar refractivity (Wildman–Crippen MR) is 107 cm³/mol. The lowest BCUT2D eigenvalue weighted by Gasteiger charge is -2.22. The van der Waals surface area contributed by atoms with E-state index in [2.05, 4.69) is 30.8 Å². The third-order valence-electron chi connectivity index (χ3n) is 4.99. The van der Waals surface area contributed by atoms with E-state index in [1.54, 1.807) is 18.0 Å². The van der Waals surface area contributed by atoms with E-state index in [9.17, 15) is 9.59 Å². The molecule has 134 valence electrons. The van der Waals surface area contributed by atoms with Crippen LogP contribution in [0.15, 0.2) is 73.3 Å². The first-order valence-corrected chi connectivity index (χ1v) is 8.86. The minimum atomic E-state index is -0.164. The highest BCUT2D eigenvalue weighted by atomic mass is 16.2. The quantitative estimate of drug-likeness (QED) is 0.711. The van der Waals surface area contributed by atoms with Gasteiger partial charge in [0.25, 0.3) is 5.91 Å². The summed E-state index contributed by atoms with van der Waals surface area (Å²) in [5, 5.41) is 2.32. The van der Waals surface area contributed by atoms with Crippen LogP contribution in [-0.4, -0.2) is 35.2 Å². The molecule has 0 N–H and O–H groups in total. The van der Waals surface area contributed by atoms with Crippen LogP contribution >= 0.6 is 0 Å². The van der Waals surface area contributed by atoms with Gasteiger partial charge < -0.3 is 4.90 Å². The van der Waals surface area contributed by atoms with Crippen LogP contribution in [0, 0.1) is 0 Å². The highest BCUT2D eigenvalue weighted by molar-refractivity contribution is 6.10. The second-order valence-corrected chi connectivity index (χ2v) is 6.81. The van der Waals surface area contributed by atoms with Gasteiger partial charge in [0, 0.05) is 30.4 Å². The van der Waals surface area contributed by atoms with Crippen molar-refractivity contribution >= 4 is 28.3 Å². The lowest BCUT2D eigenvalue weighted by Crippen LogP contribution is -2.37. The van der Waals surface area contributed by atoms with Crippen molar-refractivity contribution in [1.82, 2.24) is 9.80 Å². The Kier molecular flexibility index (Phi) is 4.24. The van der Waals surface area contributed by atoms with Gasteiger partial charge in [-0.2, -0.15) is 0 Å². The Morgan fingerprint density at radius 1 is 0.963 bits per heavy atom. The smallest absolute Gasteiger partial charge is 0.259 e. The topological polar surface area (TPSA) is 40.6 Å². The van der Waals surface area contributed by atoms with Crippen LogP contribution in [0.25, 0.3) is 16.5 Å². The molecule has 0 atom stereocenters. The number of fused-ring (bicyclic) bond motifs is 2. The molecule has 4 rings (SSSR count). The summed E-state index contributed by atoms with van der Waals surface area (Å²) < 4.78 is 0. The van der Waals surface area contributed by atoms with Gasteiger partial charge in [-0.15, -0.1) is 0 Å². The second-order valence-electron chi connectivity index (χ2n) is 6.81. The zero-order chi connectivity index (χ0) is 19.0. The summed E-state index contributed by atoms with van der Waals surface area (Å²) in [7, 11) is 1.76. The van der Waals surface area contributed by atoms with Gasteiger partial charge >= 0.3 is 0 Å². The average Bonchev–Trinajstić information content (AvgIpc) is 2.93. The SMILES string of the molecule is C=C1c2ccccc2C(=O)N1CC(=O)N(C)Cc1ccc2ccccc2c1.